The number of benzene rings is 3. The SMILES string of the molecule is O=c1nc(SCc2ccc(F)cc2)n(Cc2ncc(CN3CCCC3)n2Cc2ccc(-c3ccc(CF)cc3)cc2)c2c1CCC2. The predicted molar refractivity (Wildman–Crippen MR) is 178 cm³/mol. The average molecular weight is 638 g/mol. The molecule has 1 saturated heterocycles. The molecule has 2 aliphatic rings. The fourth-order valence-corrected chi connectivity index (χ4v) is 7.54. The molecule has 1 fully saturated rings. The number of hydrogen-bond acceptors (Lipinski definition) is 5. The number of hydrogen-bond donors (Lipinski definition) is 0. The van der Waals surface area contributed by atoms with Crippen LogP contribution in [-0.4, -0.2) is 37.1 Å². The Morgan fingerprint density at radius 2 is 1.41 bits per heavy atom. The molecule has 3 heterocycles. The lowest BCUT2D eigenvalue weighted by molar-refractivity contribution is 0.321. The van der Waals surface area contributed by atoms with E-state index in [0.717, 1.165) is 72.7 Å². The van der Waals surface area contributed by atoms with Crippen LogP contribution < -0.4 is 5.56 Å². The Morgan fingerprint density at radius 3 is 2.11 bits per heavy atom. The van der Waals surface area contributed by atoms with Gasteiger partial charge in [-0.25, -0.2) is 13.8 Å². The van der Waals surface area contributed by atoms with Crippen LogP contribution >= 0.6 is 11.8 Å². The maximum atomic E-state index is 13.5. The molecule has 3 aromatic carbocycles. The van der Waals surface area contributed by atoms with Crippen molar-refractivity contribution in [3.63, 3.8) is 0 Å². The first-order valence-electron chi connectivity index (χ1n) is 16.0. The van der Waals surface area contributed by atoms with Crippen molar-refractivity contribution in [3.8, 4) is 11.1 Å². The van der Waals surface area contributed by atoms with E-state index in [2.05, 4.69) is 43.3 Å². The van der Waals surface area contributed by atoms with Crippen molar-refractivity contribution in [2.75, 3.05) is 13.1 Å². The predicted octanol–water partition coefficient (Wildman–Crippen LogP) is 7.19. The van der Waals surface area contributed by atoms with Gasteiger partial charge in [-0.15, -0.1) is 0 Å². The largest absolute Gasteiger partial charge is 0.325 e. The van der Waals surface area contributed by atoms with E-state index in [1.54, 1.807) is 12.1 Å². The molecule has 0 N–H and O–H groups in total. The van der Waals surface area contributed by atoms with E-state index < -0.39 is 6.67 Å². The lowest BCUT2D eigenvalue weighted by Gasteiger charge is -2.20. The van der Waals surface area contributed by atoms with Gasteiger partial charge >= 0.3 is 0 Å². The molecule has 46 heavy (non-hydrogen) atoms. The standard InChI is InChI=1S/C37H37F2N5OS/c38-20-26-6-12-29(13-7-26)30-14-8-27(9-15-30)22-43-32(23-42-18-1-2-19-42)21-40-35(43)24-44-34-5-3-4-33(34)36(45)41-37(44)46-25-28-10-16-31(39)17-11-28/h6-17,21H,1-5,18-20,22-25H2. The van der Waals surface area contributed by atoms with E-state index in [4.69, 9.17) is 4.98 Å². The number of imidazole rings is 1. The molecule has 9 heteroatoms. The van der Waals surface area contributed by atoms with Gasteiger partial charge in [0.05, 0.1) is 12.2 Å². The molecule has 1 aliphatic carbocycles. The highest BCUT2D eigenvalue weighted by molar-refractivity contribution is 7.98. The summed E-state index contributed by atoms with van der Waals surface area (Å²) in [5.74, 6) is 1.26. The Balaban J connectivity index is 1.20. The Morgan fingerprint density at radius 1 is 0.739 bits per heavy atom. The smallest absolute Gasteiger partial charge is 0.277 e. The first-order chi connectivity index (χ1) is 22.5. The maximum absolute atomic E-state index is 13.5. The second-order valence-electron chi connectivity index (χ2n) is 12.2. The van der Waals surface area contributed by atoms with Crippen LogP contribution in [0, 0.1) is 5.82 Å². The minimum Gasteiger partial charge on any atom is -0.325 e. The minimum atomic E-state index is -0.459. The third-order valence-electron chi connectivity index (χ3n) is 9.12. The van der Waals surface area contributed by atoms with Gasteiger partial charge in [-0.2, -0.15) is 4.98 Å². The topological polar surface area (TPSA) is 56.0 Å². The van der Waals surface area contributed by atoms with Crippen LogP contribution in [0.5, 0.6) is 0 Å². The van der Waals surface area contributed by atoms with Crippen molar-refractivity contribution in [2.24, 2.45) is 0 Å². The zero-order valence-corrected chi connectivity index (χ0v) is 26.6. The number of thioether (sulfide) groups is 1. The zero-order valence-electron chi connectivity index (χ0n) is 25.8. The Labute approximate surface area is 272 Å². The lowest BCUT2D eigenvalue weighted by Crippen LogP contribution is -2.24. The number of halogens is 2. The summed E-state index contributed by atoms with van der Waals surface area (Å²) in [7, 11) is 0. The summed E-state index contributed by atoms with van der Waals surface area (Å²) in [5.41, 5.74) is 7.89. The van der Waals surface area contributed by atoms with Gasteiger partial charge in [0.15, 0.2) is 5.16 Å². The van der Waals surface area contributed by atoms with Crippen LogP contribution in [0.15, 0.2) is 88.9 Å². The fourth-order valence-electron chi connectivity index (χ4n) is 6.57. The van der Waals surface area contributed by atoms with Crippen molar-refractivity contribution in [1.82, 2.24) is 24.0 Å². The molecule has 0 amide bonds. The quantitative estimate of drug-likeness (QED) is 0.113. The number of aromatic nitrogens is 4. The molecule has 2 aromatic heterocycles. The first-order valence-corrected chi connectivity index (χ1v) is 17.0. The number of fused-ring (bicyclic) bond motifs is 1. The highest BCUT2D eigenvalue weighted by Gasteiger charge is 2.24. The summed E-state index contributed by atoms with van der Waals surface area (Å²) in [4.78, 5) is 25.1. The Hall–Kier alpha value is -4.08. The minimum absolute atomic E-state index is 0.136. The molecule has 0 unspecified atom stereocenters. The number of nitrogens with zero attached hydrogens (tertiary/aromatic N) is 5. The first kappa shape index (κ1) is 30.6. The molecule has 1 aliphatic heterocycles. The van der Waals surface area contributed by atoms with Crippen molar-refractivity contribution >= 4 is 11.8 Å². The van der Waals surface area contributed by atoms with Crippen molar-refractivity contribution in [3.05, 3.63) is 135 Å². The van der Waals surface area contributed by atoms with Gasteiger partial charge in [0.1, 0.15) is 18.3 Å². The maximum Gasteiger partial charge on any atom is 0.277 e. The van der Waals surface area contributed by atoms with Gasteiger partial charge in [0.25, 0.3) is 5.56 Å². The number of alkyl halides is 1. The highest BCUT2D eigenvalue weighted by atomic mass is 32.2. The molecule has 5 aromatic rings. The molecule has 0 atom stereocenters. The molecule has 0 spiro atoms. The van der Waals surface area contributed by atoms with Crippen LogP contribution in [0.25, 0.3) is 11.1 Å². The van der Waals surface area contributed by atoms with E-state index in [1.807, 2.05) is 30.5 Å². The van der Waals surface area contributed by atoms with Gasteiger partial charge < -0.3 is 9.13 Å². The Kier molecular flexibility index (Phi) is 9.12. The summed E-state index contributed by atoms with van der Waals surface area (Å²) in [6.07, 6.45) is 6.98. The molecule has 7 rings (SSSR count). The van der Waals surface area contributed by atoms with Crippen molar-refractivity contribution in [2.45, 2.75) is 69.3 Å². The lowest BCUT2D eigenvalue weighted by atomic mass is 10.0. The van der Waals surface area contributed by atoms with E-state index in [1.165, 1.54) is 48.0 Å². The van der Waals surface area contributed by atoms with E-state index in [0.29, 0.717) is 29.6 Å². The van der Waals surface area contributed by atoms with Crippen molar-refractivity contribution < 1.29 is 8.78 Å². The summed E-state index contributed by atoms with van der Waals surface area (Å²) < 4.78 is 31.1. The van der Waals surface area contributed by atoms with Crippen molar-refractivity contribution in [1.29, 1.82) is 0 Å². The van der Waals surface area contributed by atoms with Crippen LogP contribution in [0.2, 0.25) is 0 Å². The van der Waals surface area contributed by atoms with Gasteiger partial charge in [-0.05, 0) is 85.1 Å². The second kappa shape index (κ2) is 13.7. The Bertz CT molecular complexity index is 1860. The second-order valence-corrected chi connectivity index (χ2v) is 13.2. The molecular formula is C37H37F2N5OS. The number of likely N-dealkylation sites (tertiary alicyclic amines) is 1. The van der Waals surface area contributed by atoms with E-state index in [-0.39, 0.29) is 11.4 Å². The van der Waals surface area contributed by atoms with Gasteiger partial charge in [-0.3, -0.25) is 9.69 Å². The molecule has 0 radical (unpaired) electrons. The molecular weight excluding hydrogens is 601 g/mol. The summed E-state index contributed by atoms with van der Waals surface area (Å²) in [6, 6.07) is 22.6. The van der Waals surface area contributed by atoms with Crippen LogP contribution in [0.3, 0.4) is 0 Å². The molecule has 236 valence electrons. The van der Waals surface area contributed by atoms with E-state index >= 15 is 0 Å². The monoisotopic (exact) mass is 637 g/mol. The summed E-state index contributed by atoms with van der Waals surface area (Å²) in [6.45, 7) is 3.76. The number of rotatable bonds is 11. The van der Waals surface area contributed by atoms with Crippen LogP contribution in [0.4, 0.5) is 8.78 Å². The van der Waals surface area contributed by atoms with Crippen LogP contribution in [0.1, 0.15) is 58.7 Å². The van der Waals surface area contributed by atoms with Gasteiger partial charge in [-0.1, -0.05) is 72.4 Å². The molecule has 6 nitrogen and oxygen atoms in total. The zero-order chi connectivity index (χ0) is 31.5. The van der Waals surface area contributed by atoms with E-state index in [9.17, 15) is 13.6 Å². The molecule has 0 bridgehead atoms. The molecule has 0 saturated carbocycles. The fraction of sp³-hybridized carbons (Fsp3) is 0.324. The van der Waals surface area contributed by atoms with Gasteiger partial charge in [0.2, 0.25) is 0 Å². The normalized spacial score (nSPS) is 14.7. The third-order valence-corrected chi connectivity index (χ3v) is 10.2. The third kappa shape index (κ3) is 6.71. The summed E-state index contributed by atoms with van der Waals surface area (Å²) in [5, 5.41) is 0.675. The van der Waals surface area contributed by atoms with Crippen LogP contribution in [-0.2, 0) is 44.9 Å². The average Bonchev–Trinajstić information content (AvgIpc) is 3.86. The van der Waals surface area contributed by atoms with Gasteiger partial charge in [0, 0.05) is 36.3 Å². The summed E-state index contributed by atoms with van der Waals surface area (Å²) >= 11 is 1.51. The highest BCUT2D eigenvalue weighted by Crippen LogP contribution is 2.28.